The molecule has 0 spiro atoms. The predicted octanol–water partition coefficient (Wildman–Crippen LogP) is 9.22. The molecule has 11 nitrogen and oxygen atoms in total. The van der Waals surface area contributed by atoms with Crippen LogP contribution >= 0.6 is 11.3 Å². The highest BCUT2D eigenvalue weighted by molar-refractivity contribution is 7.07. The molecule has 0 fully saturated rings. The van der Waals surface area contributed by atoms with Crippen LogP contribution in [0.4, 0.5) is 0 Å². The van der Waals surface area contributed by atoms with Crippen LogP contribution in [0.15, 0.2) is 130 Å². The molecule has 53 heavy (non-hydrogen) atoms. The summed E-state index contributed by atoms with van der Waals surface area (Å²) in [5.41, 5.74) is 12.3. The number of nitrogens with zero attached hydrogens (tertiary/aromatic N) is 9. The van der Waals surface area contributed by atoms with E-state index >= 15 is 0 Å². The average molecular weight is 712 g/mol. The first-order valence-electron chi connectivity index (χ1n) is 17.3. The summed E-state index contributed by atoms with van der Waals surface area (Å²) in [4.78, 5) is 22.7. The van der Waals surface area contributed by atoms with Crippen LogP contribution in [0.2, 0.25) is 0 Å². The summed E-state index contributed by atoms with van der Waals surface area (Å²) in [5.74, 6) is -0.116. The second-order valence-corrected chi connectivity index (χ2v) is 13.8. The Bertz CT molecular complexity index is 2910. The normalized spacial score (nSPS) is 13.0. The van der Waals surface area contributed by atoms with E-state index in [1.807, 2.05) is 58.6 Å². The fourth-order valence-corrected chi connectivity index (χ4v) is 7.67. The van der Waals surface area contributed by atoms with E-state index in [0.717, 1.165) is 77.5 Å². The van der Waals surface area contributed by atoms with E-state index in [2.05, 4.69) is 103 Å². The van der Waals surface area contributed by atoms with E-state index in [4.69, 9.17) is 14.1 Å². The maximum Gasteiger partial charge on any atom is 0.257 e. The second kappa shape index (κ2) is 12.8. The highest BCUT2D eigenvalue weighted by atomic mass is 32.1. The number of hydrogen-bond donors (Lipinski definition) is 0. The Balaban J connectivity index is 0.960. The fourth-order valence-electron chi connectivity index (χ4n) is 7.11. The van der Waals surface area contributed by atoms with Gasteiger partial charge in [0.1, 0.15) is 11.4 Å². The van der Waals surface area contributed by atoms with E-state index in [1.54, 1.807) is 17.5 Å². The molecule has 0 aliphatic rings. The van der Waals surface area contributed by atoms with Crippen molar-refractivity contribution in [3.05, 3.63) is 143 Å². The molecule has 0 saturated carbocycles. The van der Waals surface area contributed by atoms with Crippen molar-refractivity contribution in [1.82, 2.24) is 45.0 Å². The Morgan fingerprint density at radius 2 is 1.36 bits per heavy atom. The molecule has 10 aromatic rings. The lowest BCUT2D eigenvalue weighted by Gasteiger charge is -2.16. The predicted molar refractivity (Wildman–Crippen MR) is 203 cm³/mol. The minimum atomic E-state index is -0.106. The smallest absolute Gasteiger partial charge is 0.257 e. The molecule has 0 bridgehead atoms. The van der Waals surface area contributed by atoms with Crippen LogP contribution in [-0.4, -0.2) is 45.0 Å². The molecule has 0 aliphatic carbocycles. The van der Waals surface area contributed by atoms with Crippen LogP contribution in [0.5, 0.6) is 0 Å². The van der Waals surface area contributed by atoms with Gasteiger partial charge in [-0.25, -0.2) is 15.0 Å². The van der Waals surface area contributed by atoms with Crippen molar-refractivity contribution in [2.45, 2.75) is 31.7 Å². The van der Waals surface area contributed by atoms with Crippen LogP contribution in [0.3, 0.4) is 0 Å². The zero-order valence-corrected chi connectivity index (χ0v) is 29.2. The minimum Gasteiger partial charge on any atom is -0.336 e. The number of aryl methyl sites for hydroxylation is 1. The molecular formula is C41H29N9O2S. The highest BCUT2D eigenvalue weighted by Crippen LogP contribution is 2.36. The van der Waals surface area contributed by atoms with Gasteiger partial charge in [0.15, 0.2) is 0 Å². The van der Waals surface area contributed by atoms with Crippen molar-refractivity contribution in [3.8, 4) is 22.4 Å². The summed E-state index contributed by atoms with van der Waals surface area (Å²) in [6, 6.07) is 24.9. The highest BCUT2D eigenvalue weighted by Gasteiger charge is 2.24. The Morgan fingerprint density at radius 1 is 0.679 bits per heavy atom. The Labute approximate surface area is 306 Å². The van der Waals surface area contributed by atoms with E-state index < -0.39 is 0 Å². The topological polar surface area (TPSA) is 134 Å². The third-order valence-corrected chi connectivity index (χ3v) is 10.5. The maximum atomic E-state index is 5.79. The van der Waals surface area contributed by atoms with E-state index in [0.29, 0.717) is 24.4 Å². The maximum absolute atomic E-state index is 5.79. The van der Waals surface area contributed by atoms with Crippen molar-refractivity contribution in [1.29, 1.82) is 0 Å². The number of rotatable bonds is 9. The molecule has 0 aliphatic heterocycles. The first-order valence-corrected chi connectivity index (χ1v) is 18.2. The number of aromatic nitrogens is 9. The Hall–Kier alpha value is -6.66. The van der Waals surface area contributed by atoms with Gasteiger partial charge in [0.25, 0.3) is 11.4 Å². The van der Waals surface area contributed by atoms with E-state index in [9.17, 15) is 0 Å². The van der Waals surface area contributed by atoms with Gasteiger partial charge in [0, 0.05) is 82.2 Å². The van der Waals surface area contributed by atoms with Gasteiger partial charge < -0.3 is 9.05 Å². The van der Waals surface area contributed by atoms with Crippen molar-refractivity contribution in [2.75, 3.05) is 0 Å². The van der Waals surface area contributed by atoms with Gasteiger partial charge in [0.2, 0.25) is 0 Å². The molecule has 0 unspecified atom stereocenters. The van der Waals surface area contributed by atoms with Crippen molar-refractivity contribution >= 4 is 55.3 Å². The second-order valence-electron chi connectivity index (χ2n) is 13.1. The summed E-state index contributed by atoms with van der Waals surface area (Å²) in [7, 11) is 0. The summed E-state index contributed by atoms with van der Waals surface area (Å²) >= 11 is 1.55. The molecule has 0 amide bonds. The monoisotopic (exact) mass is 711 g/mol. The molecule has 10 rings (SSSR count). The molecular weight excluding hydrogens is 683 g/mol. The largest absolute Gasteiger partial charge is 0.336 e. The van der Waals surface area contributed by atoms with Crippen molar-refractivity contribution in [3.63, 3.8) is 0 Å². The molecule has 12 heteroatoms. The lowest BCUT2D eigenvalue weighted by Crippen LogP contribution is -2.08. The van der Waals surface area contributed by atoms with Gasteiger partial charge in [-0.3, -0.25) is 14.6 Å². The SMILES string of the molecule is C[C@@H](c1ccc2ncccc2c1)c1noc2ncc(-c3cnn(CC[C@@H](c4ccc5ncccc5c4)c4noc5ncc(-c6cscn6)cc45)c3)cc12. The minimum absolute atomic E-state index is 0.0103. The van der Waals surface area contributed by atoms with Crippen LogP contribution in [0.1, 0.15) is 47.7 Å². The molecule has 0 saturated heterocycles. The fraction of sp³-hybridized carbons (Fsp3) is 0.122. The van der Waals surface area contributed by atoms with Gasteiger partial charge in [-0.2, -0.15) is 5.10 Å². The number of hydrogen-bond acceptors (Lipinski definition) is 11. The lowest BCUT2D eigenvalue weighted by atomic mass is 9.90. The quantitative estimate of drug-likeness (QED) is 0.143. The van der Waals surface area contributed by atoms with E-state index in [-0.39, 0.29) is 11.8 Å². The van der Waals surface area contributed by atoms with Gasteiger partial charge in [-0.15, -0.1) is 11.3 Å². The van der Waals surface area contributed by atoms with Crippen LogP contribution < -0.4 is 0 Å². The summed E-state index contributed by atoms with van der Waals surface area (Å²) in [5, 5.41) is 19.7. The number of benzene rings is 2. The Morgan fingerprint density at radius 3 is 2.11 bits per heavy atom. The van der Waals surface area contributed by atoms with E-state index in [1.165, 1.54) is 0 Å². The zero-order chi connectivity index (χ0) is 35.3. The molecule has 2 aromatic carbocycles. The van der Waals surface area contributed by atoms with Crippen molar-refractivity contribution < 1.29 is 9.05 Å². The third-order valence-electron chi connectivity index (χ3n) is 9.95. The lowest BCUT2D eigenvalue weighted by molar-refractivity contribution is 0.428. The Kier molecular flexibility index (Phi) is 7.53. The number of pyridine rings is 4. The molecule has 8 heterocycles. The molecule has 0 N–H and O–H groups in total. The number of fused-ring (bicyclic) bond motifs is 4. The average Bonchev–Trinajstić information content (AvgIpc) is 4.05. The first-order chi connectivity index (χ1) is 26.1. The van der Waals surface area contributed by atoms with Gasteiger partial charge in [-0.1, -0.05) is 41.5 Å². The summed E-state index contributed by atoms with van der Waals surface area (Å²) in [6.45, 7) is 2.77. The third kappa shape index (κ3) is 5.69. The van der Waals surface area contributed by atoms with Crippen LogP contribution in [0.25, 0.3) is 66.4 Å². The number of thiazole rings is 1. The molecule has 256 valence electrons. The zero-order valence-electron chi connectivity index (χ0n) is 28.4. The van der Waals surface area contributed by atoms with Crippen molar-refractivity contribution in [2.24, 2.45) is 0 Å². The molecule has 2 atom stereocenters. The summed E-state index contributed by atoms with van der Waals surface area (Å²) < 4.78 is 13.4. The van der Waals surface area contributed by atoms with Gasteiger partial charge in [0.05, 0.1) is 39.2 Å². The molecule has 0 radical (unpaired) electrons. The molecule has 8 aromatic heterocycles. The summed E-state index contributed by atoms with van der Waals surface area (Å²) in [6.07, 6.45) is 11.9. The van der Waals surface area contributed by atoms with Crippen LogP contribution in [0, 0.1) is 0 Å². The van der Waals surface area contributed by atoms with Gasteiger partial charge >= 0.3 is 0 Å². The standard InChI is InChI=1S/C41H29N9O2S/c1-24(25-6-8-35-27(14-25)4-2-11-42-35)38-33-16-29(18-44-40(33)51-48-38)31-20-47-50(21-31)13-10-32(26-7-9-36-28(15-26)5-3-12-43-36)39-34-17-30(37-22-53-23-46-37)19-45-41(34)52-49-39/h2-9,11-12,14-24,32H,10,13H2,1H3/t24-,32-/m0/s1. The van der Waals surface area contributed by atoms with Gasteiger partial charge in [-0.05, 0) is 66.1 Å². The van der Waals surface area contributed by atoms with Crippen LogP contribution in [-0.2, 0) is 6.54 Å². The first kappa shape index (κ1) is 31.1.